The van der Waals surface area contributed by atoms with Crippen molar-refractivity contribution < 1.29 is 14.3 Å². The maximum Gasteiger partial charge on any atom is 0.407 e. The molecule has 1 saturated carbocycles. The molecule has 4 unspecified atom stereocenters. The van der Waals surface area contributed by atoms with Crippen LogP contribution in [-0.2, 0) is 16.0 Å². The molecule has 1 saturated heterocycles. The molecule has 23 heavy (non-hydrogen) atoms. The third-order valence-corrected chi connectivity index (χ3v) is 4.23. The Hall–Kier alpha value is -1.73. The van der Waals surface area contributed by atoms with Crippen LogP contribution in [0.15, 0.2) is 18.6 Å². The molecule has 1 aromatic rings. The fourth-order valence-corrected chi connectivity index (χ4v) is 3.24. The zero-order valence-electron chi connectivity index (χ0n) is 13.8. The second-order valence-corrected chi connectivity index (χ2v) is 7.07. The Kier molecular flexibility index (Phi) is 4.50. The summed E-state index contributed by atoms with van der Waals surface area (Å²) in [7, 11) is 0. The topological polar surface area (TPSA) is 85.4 Å². The van der Waals surface area contributed by atoms with Gasteiger partial charge in [0.1, 0.15) is 11.9 Å². The highest BCUT2D eigenvalue weighted by atomic mass is 16.6. The SMILES string of the molecule is CC(C)(C)OC(=O)NC1C2CCOC2C1NCc1ccncn1. The van der Waals surface area contributed by atoms with Crippen molar-refractivity contribution in [2.24, 2.45) is 5.92 Å². The molecule has 7 heteroatoms. The number of amides is 1. The number of aromatic nitrogens is 2. The molecule has 2 N–H and O–H groups in total. The Morgan fingerprint density at radius 1 is 1.43 bits per heavy atom. The molecule has 0 aromatic carbocycles. The molecular weight excluding hydrogens is 296 g/mol. The molecule has 1 aliphatic heterocycles. The van der Waals surface area contributed by atoms with Gasteiger partial charge in [-0.15, -0.1) is 0 Å². The van der Waals surface area contributed by atoms with Crippen molar-refractivity contribution in [3.63, 3.8) is 0 Å². The van der Waals surface area contributed by atoms with Gasteiger partial charge in [0.25, 0.3) is 0 Å². The number of rotatable bonds is 4. The van der Waals surface area contributed by atoms with Gasteiger partial charge in [-0.25, -0.2) is 14.8 Å². The van der Waals surface area contributed by atoms with E-state index >= 15 is 0 Å². The van der Waals surface area contributed by atoms with Crippen molar-refractivity contribution in [3.05, 3.63) is 24.3 Å². The normalized spacial score (nSPS) is 29.5. The Bertz CT molecular complexity index is 546. The summed E-state index contributed by atoms with van der Waals surface area (Å²) in [6.07, 6.45) is 3.99. The van der Waals surface area contributed by atoms with Crippen LogP contribution in [0, 0.1) is 5.92 Å². The molecule has 2 heterocycles. The van der Waals surface area contributed by atoms with E-state index in [4.69, 9.17) is 9.47 Å². The molecule has 4 atom stereocenters. The Morgan fingerprint density at radius 3 is 2.96 bits per heavy atom. The number of nitrogens with one attached hydrogen (secondary N) is 2. The van der Waals surface area contributed by atoms with E-state index in [0.29, 0.717) is 12.5 Å². The predicted octanol–water partition coefficient (Wildman–Crippen LogP) is 1.25. The Balaban J connectivity index is 1.58. The van der Waals surface area contributed by atoms with Crippen LogP contribution < -0.4 is 10.6 Å². The highest BCUT2D eigenvalue weighted by Crippen LogP contribution is 2.39. The summed E-state index contributed by atoms with van der Waals surface area (Å²) in [4.78, 5) is 20.2. The molecular formula is C16H24N4O3. The van der Waals surface area contributed by atoms with Crippen molar-refractivity contribution in [1.29, 1.82) is 0 Å². The summed E-state index contributed by atoms with van der Waals surface area (Å²) in [6, 6.07) is 1.97. The van der Waals surface area contributed by atoms with Crippen molar-refractivity contribution in [2.45, 2.75) is 57.5 Å². The standard InChI is InChI=1S/C16H24N4O3/c1-16(2,3)23-15(21)20-12-11-5-7-22-14(11)13(12)18-8-10-4-6-17-9-19-10/h4,6,9,11-14,18H,5,7-8H2,1-3H3,(H,20,21). The smallest absolute Gasteiger partial charge is 0.407 e. The molecule has 3 rings (SSSR count). The van der Waals surface area contributed by atoms with E-state index in [2.05, 4.69) is 20.6 Å². The molecule has 7 nitrogen and oxygen atoms in total. The van der Waals surface area contributed by atoms with E-state index in [1.54, 1.807) is 6.20 Å². The van der Waals surface area contributed by atoms with E-state index in [1.807, 2.05) is 26.8 Å². The first-order valence-electron chi connectivity index (χ1n) is 8.03. The van der Waals surface area contributed by atoms with Gasteiger partial charge in [-0.1, -0.05) is 0 Å². The summed E-state index contributed by atoms with van der Waals surface area (Å²) in [6.45, 7) is 6.94. The maximum atomic E-state index is 12.0. The first kappa shape index (κ1) is 16.1. The predicted molar refractivity (Wildman–Crippen MR) is 83.7 cm³/mol. The minimum absolute atomic E-state index is 0.0270. The molecule has 1 aliphatic carbocycles. The lowest BCUT2D eigenvalue weighted by atomic mass is 9.71. The van der Waals surface area contributed by atoms with Crippen LogP contribution in [0.25, 0.3) is 0 Å². The van der Waals surface area contributed by atoms with Crippen molar-refractivity contribution in [2.75, 3.05) is 6.61 Å². The number of nitrogens with zero attached hydrogens (tertiary/aromatic N) is 2. The van der Waals surface area contributed by atoms with Crippen LogP contribution in [0.2, 0.25) is 0 Å². The second kappa shape index (κ2) is 6.41. The monoisotopic (exact) mass is 320 g/mol. The van der Waals surface area contributed by atoms with Gasteiger partial charge in [0, 0.05) is 25.3 Å². The molecule has 126 valence electrons. The number of ether oxygens (including phenoxy) is 2. The number of hydrogen-bond acceptors (Lipinski definition) is 6. The molecule has 2 fully saturated rings. The van der Waals surface area contributed by atoms with Gasteiger partial charge >= 0.3 is 6.09 Å². The van der Waals surface area contributed by atoms with Gasteiger partial charge in [0.2, 0.25) is 0 Å². The fourth-order valence-electron chi connectivity index (χ4n) is 3.24. The zero-order chi connectivity index (χ0) is 16.4. The van der Waals surface area contributed by atoms with Gasteiger partial charge in [-0.2, -0.15) is 0 Å². The van der Waals surface area contributed by atoms with Gasteiger partial charge in [0.15, 0.2) is 0 Å². The van der Waals surface area contributed by atoms with Crippen LogP contribution >= 0.6 is 0 Å². The van der Waals surface area contributed by atoms with E-state index in [1.165, 1.54) is 6.33 Å². The molecule has 0 spiro atoms. The van der Waals surface area contributed by atoms with Gasteiger partial charge in [-0.05, 0) is 33.3 Å². The average Bonchev–Trinajstić information content (AvgIpc) is 2.89. The van der Waals surface area contributed by atoms with Crippen LogP contribution in [0.3, 0.4) is 0 Å². The largest absolute Gasteiger partial charge is 0.444 e. The number of alkyl carbamates (subject to hydrolysis) is 1. The fraction of sp³-hybridized carbons (Fsp3) is 0.688. The van der Waals surface area contributed by atoms with Crippen LogP contribution in [-0.4, -0.2) is 46.5 Å². The molecule has 2 aliphatic rings. The van der Waals surface area contributed by atoms with Crippen molar-refractivity contribution >= 4 is 6.09 Å². The number of carbonyl (C=O) groups excluding carboxylic acids is 1. The van der Waals surface area contributed by atoms with E-state index in [-0.39, 0.29) is 24.3 Å². The third-order valence-electron chi connectivity index (χ3n) is 4.23. The van der Waals surface area contributed by atoms with E-state index in [0.717, 1.165) is 18.7 Å². The van der Waals surface area contributed by atoms with Crippen molar-refractivity contribution in [1.82, 2.24) is 20.6 Å². The van der Waals surface area contributed by atoms with Crippen LogP contribution in [0.5, 0.6) is 0 Å². The highest BCUT2D eigenvalue weighted by molar-refractivity contribution is 5.68. The molecule has 0 radical (unpaired) electrons. The van der Waals surface area contributed by atoms with Gasteiger partial charge < -0.3 is 20.1 Å². The van der Waals surface area contributed by atoms with Gasteiger partial charge in [-0.3, -0.25) is 0 Å². The third kappa shape index (κ3) is 3.79. The summed E-state index contributed by atoms with van der Waals surface area (Å²) in [5.74, 6) is 0.352. The van der Waals surface area contributed by atoms with Crippen LogP contribution in [0.1, 0.15) is 32.9 Å². The highest BCUT2D eigenvalue weighted by Gasteiger charge is 2.54. The minimum atomic E-state index is -0.497. The van der Waals surface area contributed by atoms with Crippen LogP contribution in [0.4, 0.5) is 4.79 Å². The second-order valence-electron chi connectivity index (χ2n) is 7.07. The maximum absolute atomic E-state index is 12.0. The average molecular weight is 320 g/mol. The van der Waals surface area contributed by atoms with E-state index < -0.39 is 5.60 Å². The number of hydrogen-bond donors (Lipinski definition) is 2. The van der Waals surface area contributed by atoms with Gasteiger partial charge in [0.05, 0.1) is 23.9 Å². The summed E-state index contributed by atoms with van der Waals surface area (Å²) in [5.41, 5.74) is 0.418. The lowest BCUT2D eigenvalue weighted by molar-refractivity contribution is -0.0345. The van der Waals surface area contributed by atoms with E-state index in [9.17, 15) is 4.79 Å². The Labute approximate surface area is 136 Å². The Morgan fingerprint density at radius 2 is 2.26 bits per heavy atom. The zero-order valence-corrected chi connectivity index (χ0v) is 13.8. The summed E-state index contributed by atoms with van der Waals surface area (Å²) in [5, 5.41) is 6.43. The summed E-state index contributed by atoms with van der Waals surface area (Å²) < 4.78 is 11.1. The quantitative estimate of drug-likeness (QED) is 0.868. The first-order valence-corrected chi connectivity index (χ1v) is 8.03. The lowest BCUT2D eigenvalue weighted by Gasteiger charge is -2.48. The number of carbonyl (C=O) groups is 1. The van der Waals surface area contributed by atoms with Crippen molar-refractivity contribution in [3.8, 4) is 0 Å². The molecule has 1 amide bonds. The minimum Gasteiger partial charge on any atom is -0.444 e. The molecule has 1 aromatic heterocycles. The molecule has 0 bridgehead atoms. The number of fused-ring (bicyclic) bond motifs is 1. The summed E-state index contributed by atoms with van der Waals surface area (Å²) >= 11 is 0. The lowest BCUT2D eigenvalue weighted by Crippen LogP contribution is -2.70. The first-order chi connectivity index (χ1) is 10.9.